The maximum Gasteiger partial charge on any atom is 0.248 e. The van der Waals surface area contributed by atoms with Crippen LogP contribution in [0.15, 0.2) is 42.6 Å². The second kappa shape index (κ2) is 6.78. The Hall–Kier alpha value is -2.60. The summed E-state index contributed by atoms with van der Waals surface area (Å²) in [6, 6.07) is 12.9. The summed E-state index contributed by atoms with van der Waals surface area (Å²) in [6.07, 6.45) is 4.17. The van der Waals surface area contributed by atoms with Gasteiger partial charge in [0.15, 0.2) is 0 Å². The van der Waals surface area contributed by atoms with Gasteiger partial charge in [0.1, 0.15) is 11.6 Å². The first-order valence-corrected chi connectivity index (χ1v) is 10.1. The fourth-order valence-electron chi connectivity index (χ4n) is 5.58. The third kappa shape index (κ3) is 2.75. The lowest BCUT2D eigenvalue weighted by atomic mass is 9.75. The summed E-state index contributed by atoms with van der Waals surface area (Å²) in [7, 11) is 1.72. The molecule has 0 radical (unpaired) electrons. The van der Waals surface area contributed by atoms with Crippen LogP contribution in [0.25, 0.3) is 0 Å². The number of piperidine rings is 3. The Morgan fingerprint density at radius 1 is 1.18 bits per heavy atom. The number of anilines is 1. The highest BCUT2D eigenvalue weighted by Gasteiger charge is 2.53. The molecule has 6 nitrogen and oxygen atoms in total. The van der Waals surface area contributed by atoms with Crippen molar-refractivity contribution in [1.82, 2.24) is 9.88 Å². The van der Waals surface area contributed by atoms with Crippen molar-refractivity contribution >= 4 is 11.7 Å². The highest BCUT2D eigenvalue weighted by atomic mass is 16.5. The van der Waals surface area contributed by atoms with Crippen LogP contribution in [0.1, 0.15) is 34.7 Å². The fourth-order valence-corrected chi connectivity index (χ4v) is 5.58. The number of rotatable bonds is 4. The molecule has 2 aromatic rings. The Balaban J connectivity index is 1.55. The monoisotopic (exact) mass is 378 g/mol. The number of hydrogen-bond donors (Lipinski definition) is 1. The molecule has 0 aliphatic carbocycles. The number of primary amides is 1. The lowest BCUT2D eigenvalue weighted by Gasteiger charge is -2.51. The van der Waals surface area contributed by atoms with Crippen LogP contribution in [0, 0.1) is 5.92 Å². The molecule has 5 heterocycles. The van der Waals surface area contributed by atoms with E-state index in [0.29, 0.717) is 29.5 Å². The van der Waals surface area contributed by atoms with Crippen LogP contribution in [-0.2, 0) is 0 Å². The van der Waals surface area contributed by atoms with E-state index in [9.17, 15) is 4.79 Å². The molecule has 0 saturated carbocycles. The van der Waals surface area contributed by atoms with Gasteiger partial charge in [-0.3, -0.25) is 9.69 Å². The van der Waals surface area contributed by atoms with Crippen LogP contribution < -0.4 is 15.4 Å². The van der Waals surface area contributed by atoms with E-state index in [0.717, 1.165) is 18.1 Å². The van der Waals surface area contributed by atoms with Gasteiger partial charge in [0.05, 0.1) is 7.11 Å². The zero-order valence-corrected chi connectivity index (χ0v) is 16.1. The molecule has 1 amide bonds. The average molecular weight is 378 g/mol. The minimum atomic E-state index is -0.405. The summed E-state index contributed by atoms with van der Waals surface area (Å²) in [5, 5.41) is 0. The minimum absolute atomic E-state index is 0.391. The summed E-state index contributed by atoms with van der Waals surface area (Å²) in [5.74, 6) is 2.42. The van der Waals surface area contributed by atoms with Crippen LogP contribution in [0.3, 0.4) is 0 Å². The quantitative estimate of drug-likeness (QED) is 0.884. The van der Waals surface area contributed by atoms with Crippen molar-refractivity contribution in [2.45, 2.75) is 30.8 Å². The predicted molar refractivity (Wildman–Crippen MR) is 108 cm³/mol. The van der Waals surface area contributed by atoms with E-state index in [1.807, 2.05) is 12.1 Å². The largest absolute Gasteiger partial charge is 0.497 e. The zero-order valence-electron chi connectivity index (χ0n) is 16.1. The number of carbonyl (C=O) groups is 1. The molecule has 4 saturated heterocycles. The smallest absolute Gasteiger partial charge is 0.248 e. The van der Waals surface area contributed by atoms with Crippen molar-refractivity contribution in [1.29, 1.82) is 0 Å². The van der Waals surface area contributed by atoms with Gasteiger partial charge in [-0.1, -0.05) is 12.1 Å². The molecule has 3 unspecified atom stereocenters. The average Bonchev–Trinajstić information content (AvgIpc) is 3.18. The zero-order chi connectivity index (χ0) is 19.3. The summed E-state index contributed by atoms with van der Waals surface area (Å²) in [4.78, 5) is 21.4. The normalized spacial score (nSPS) is 30.9. The first-order chi connectivity index (χ1) is 13.7. The summed E-state index contributed by atoms with van der Waals surface area (Å²) in [6.45, 7) is 3.24. The van der Waals surface area contributed by atoms with Gasteiger partial charge >= 0.3 is 0 Å². The van der Waals surface area contributed by atoms with Crippen molar-refractivity contribution in [3.05, 3.63) is 53.7 Å². The number of fused-ring (bicyclic) bond motifs is 2. The number of nitrogens with two attached hydrogens (primary N) is 1. The lowest BCUT2D eigenvalue weighted by molar-refractivity contribution is 0.0354. The maximum atomic E-state index is 11.7. The van der Waals surface area contributed by atoms with E-state index >= 15 is 0 Å². The fraction of sp³-hybridized carbons (Fsp3) is 0.455. The number of aromatic nitrogens is 1. The number of nitrogens with zero attached hydrogens (tertiary/aromatic N) is 3. The van der Waals surface area contributed by atoms with E-state index in [2.05, 4.69) is 33.0 Å². The summed E-state index contributed by atoms with van der Waals surface area (Å²) < 4.78 is 5.48. The number of benzene rings is 1. The first kappa shape index (κ1) is 17.5. The minimum Gasteiger partial charge on any atom is -0.497 e. The van der Waals surface area contributed by atoms with Crippen molar-refractivity contribution in [2.75, 3.05) is 31.6 Å². The van der Waals surface area contributed by atoms with Crippen molar-refractivity contribution < 1.29 is 9.53 Å². The third-order valence-corrected chi connectivity index (χ3v) is 6.84. The van der Waals surface area contributed by atoms with E-state index in [1.165, 1.54) is 31.5 Å². The molecule has 3 atom stereocenters. The first-order valence-electron chi connectivity index (χ1n) is 10.1. The third-order valence-electron chi connectivity index (χ3n) is 6.84. The molecule has 1 aromatic carbocycles. The highest BCUT2D eigenvalue weighted by molar-refractivity contribution is 5.93. The molecule has 4 aliphatic rings. The van der Waals surface area contributed by atoms with Gasteiger partial charge in [-0.05, 0) is 61.7 Å². The molecule has 1 aromatic heterocycles. The van der Waals surface area contributed by atoms with Crippen molar-refractivity contribution in [3.8, 4) is 5.75 Å². The number of hydrogen-bond acceptors (Lipinski definition) is 5. The van der Waals surface area contributed by atoms with Crippen LogP contribution in [0.2, 0.25) is 0 Å². The molecule has 6 heteroatoms. The molecule has 146 valence electrons. The molecule has 6 rings (SSSR count). The van der Waals surface area contributed by atoms with Gasteiger partial charge in [0.2, 0.25) is 5.91 Å². The number of methoxy groups -OCH3 is 1. The molecule has 4 aliphatic heterocycles. The molecule has 4 fully saturated rings. The predicted octanol–water partition coefficient (Wildman–Crippen LogP) is 2.26. The number of amides is 1. The summed E-state index contributed by atoms with van der Waals surface area (Å²) in [5.41, 5.74) is 7.35. The van der Waals surface area contributed by atoms with Crippen molar-refractivity contribution in [3.63, 3.8) is 0 Å². The Labute approximate surface area is 165 Å². The van der Waals surface area contributed by atoms with E-state index in [-0.39, 0.29) is 0 Å². The van der Waals surface area contributed by atoms with Crippen molar-refractivity contribution in [2.24, 2.45) is 11.7 Å². The van der Waals surface area contributed by atoms with Gasteiger partial charge in [-0.25, -0.2) is 4.98 Å². The van der Waals surface area contributed by atoms with E-state index < -0.39 is 5.91 Å². The molecule has 0 spiro atoms. The van der Waals surface area contributed by atoms with E-state index in [1.54, 1.807) is 19.4 Å². The Bertz CT molecular complexity index is 894. The number of ether oxygens (including phenoxy) is 1. The van der Waals surface area contributed by atoms with Gasteiger partial charge < -0.3 is 15.4 Å². The standard InChI is InChI=1S/C22H26N4O2/c1-28-17-4-2-3-15(11-17)18-13-26(19-12-16(22(23)27)5-8-24-19)20-14-6-9-25(10-7-14)21(18)20/h2-5,8,11-12,14,18,20-21H,6-7,9-10,13H2,1H3,(H2,23,27). The SMILES string of the molecule is COc1cccc(C2CN(c3cc(C(N)=O)ccn3)C3C4CCN(CC4)C23)c1. The lowest BCUT2D eigenvalue weighted by Crippen LogP contribution is -2.60. The van der Waals surface area contributed by atoms with Gasteiger partial charge in [0, 0.05) is 36.3 Å². The van der Waals surface area contributed by atoms with Crippen LogP contribution in [0.5, 0.6) is 5.75 Å². The van der Waals surface area contributed by atoms with Crippen LogP contribution >= 0.6 is 0 Å². The summed E-state index contributed by atoms with van der Waals surface area (Å²) >= 11 is 0. The molecule has 2 N–H and O–H groups in total. The Morgan fingerprint density at radius 2 is 2.00 bits per heavy atom. The second-order valence-electron chi connectivity index (χ2n) is 8.16. The molecule has 28 heavy (non-hydrogen) atoms. The molecular weight excluding hydrogens is 352 g/mol. The van der Waals surface area contributed by atoms with Gasteiger partial charge in [-0.15, -0.1) is 0 Å². The van der Waals surface area contributed by atoms with Gasteiger partial charge in [-0.2, -0.15) is 0 Å². The Morgan fingerprint density at radius 3 is 2.75 bits per heavy atom. The van der Waals surface area contributed by atoms with Crippen LogP contribution in [0.4, 0.5) is 5.82 Å². The molecule has 2 bridgehead atoms. The van der Waals surface area contributed by atoms with Gasteiger partial charge in [0.25, 0.3) is 0 Å². The number of pyridine rings is 1. The Kier molecular flexibility index (Phi) is 4.23. The van der Waals surface area contributed by atoms with Crippen LogP contribution in [-0.4, -0.2) is 54.6 Å². The molecular formula is C22H26N4O2. The number of carbonyl (C=O) groups excluding carboxylic acids is 1. The second-order valence-corrected chi connectivity index (χ2v) is 8.16. The highest BCUT2D eigenvalue weighted by Crippen LogP contribution is 2.48. The topological polar surface area (TPSA) is 71.7 Å². The van der Waals surface area contributed by atoms with E-state index in [4.69, 9.17) is 10.5 Å². The maximum absolute atomic E-state index is 11.7.